The smallest absolute Gasteiger partial charge is 0.269 e. The Labute approximate surface area is 116 Å². The lowest BCUT2D eigenvalue weighted by molar-refractivity contribution is -0.384. The predicted molar refractivity (Wildman–Crippen MR) is 75.2 cm³/mol. The van der Waals surface area contributed by atoms with Crippen LogP contribution in [0.2, 0.25) is 0 Å². The molecule has 0 radical (unpaired) electrons. The Bertz CT molecular complexity index is 609. The Kier molecular flexibility index (Phi) is 4.10. The molecule has 5 heteroatoms. The number of amides is 1. The number of nitrogens with zero attached hydrogens (tertiary/aromatic N) is 1. The van der Waals surface area contributed by atoms with Crippen LogP contribution in [0.1, 0.15) is 17.0 Å². The molecule has 0 aliphatic heterocycles. The van der Waals surface area contributed by atoms with Crippen molar-refractivity contribution in [3.05, 3.63) is 75.8 Å². The predicted octanol–water partition coefficient (Wildman–Crippen LogP) is 2.41. The second-order valence-electron chi connectivity index (χ2n) is 4.49. The second kappa shape index (κ2) is 5.97. The molecule has 0 aromatic heterocycles. The largest absolute Gasteiger partial charge is 0.369 e. The molecule has 2 rings (SSSR count). The number of non-ortho nitro benzene ring substituents is 1. The Morgan fingerprint density at radius 2 is 1.70 bits per heavy atom. The van der Waals surface area contributed by atoms with Crippen molar-refractivity contribution in [3.63, 3.8) is 0 Å². The van der Waals surface area contributed by atoms with E-state index < -0.39 is 16.7 Å². The number of benzene rings is 2. The van der Waals surface area contributed by atoms with Crippen LogP contribution in [0.3, 0.4) is 0 Å². The van der Waals surface area contributed by atoms with E-state index in [0.717, 1.165) is 11.1 Å². The summed E-state index contributed by atoms with van der Waals surface area (Å²) in [7, 11) is 0. The van der Waals surface area contributed by atoms with Gasteiger partial charge in [-0.2, -0.15) is 0 Å². The topological polar surface area (TPSA) is 86.2 Å². The highest BCUT2D eigenvalue weighted by Gasteiger charge is 2.18. The summed E-state index contributed by atoms with van der Waals surface area (Å²) in [4.78, 5) is 21.7. The van der Waals surface area contributed by atoms with Crippen molar-refractivity contribution < 1.29 is 9.72 Å². The van der Waals surface area contributed by atoms with Gasteiger partial charge in [-0.25, -0.2) is 0 Å². The maximum Gasteiger partial charge on any atom is 0.269 e. The Morgan fingerprint density at radius 1 is 1.10 bits per heavy atom. The van der Waals surface area contributed by atoms with Gasteiger partial charge in [-0.1, -0.05) is 42.5 Å². The number of rotatable bonds is 5. The van der Waals surface area contributed by atoms with Crippen LogP contribution in [0, 0.1) is 10.1 Å². The number of hydrogen-bond acceptors (Lipinski definition) is 3. The minimum Gasteiger partial charge on any atom is -0.369 e. The zero-order valence-electron chi connectivity index (χ0n) is 10.7. The average molecular weight is 270 g/mol. The fourth-order valence-corrected chi connectivity index (χ4v) is 2.06. The van der Waals surface area contributed by atoms with Crippen LogP contribution < -0.4 is 5.73 Å². The molecule has 0 bridgehead atoms. The first-order chi connectivity index (χ1) is 9.58. The van der Waals surface area contributed by atoms with Crippen LogP contribution >= 0.6 is 0 Å². The summed E-state index contributed by atoms with van der Waals surface area (Å²) in [6, 6.07) is 15.4. The molecule has 0 saturated heterocycles. The minimum absolute atomic E-state index is 0.0316. The lowest BCUT2D eigenvalue weighted by atomic mass is 9.91. The summed E-state index contributed by atoms with van der Waals surface area (Å²) in [5, 5.41) is 10.6. The van der Waals surface area contributed by atoms with Crippen molar-refractivity contribution in [2.45, 2.75) is 12.3 Å². The van der Waals surface area contributed by atoms with Gasteiger partial charge in [0.2, 0.25) is 5.91 Å². The molecule has 0 aliphatic carbocycles. The van der Waals surface area contributed by atoms with Crippen molar-refractivity contribution >= 4 is 11.6 Å². The van der Waals surface area contributed by atoms with Crippen LogP contribution in [0.25, 0.3) is 0 Å². The number of primary amides is 1. The molecule has 0 heterocycles. The highest BCUT2D eigenvalue weighted by molar-refractivity contribution is 5.82. The van der Waals surface area contributed by atoms with Crippen molar-refractivity contribution in [1.82, 2.24) is 0 Å². The molecule has 20 heavy (non-hydrogen) atoms. The molecule has 102 valence electrons. The van der Waals surface area contributed by atoms with Crippen molar-refractivity contribution in [1.29, 1.82) is 0 Å². The fourth-order valence-electron chi connectivity index (χ4n) is 2.06. The fraction of sp³-hybridized carbons (Fsp3) is 0.133. The Balaban J connectivity index is 2.21. The average Bonchev–Trinajstić information content (AvgIpc) is 2.46. The van der Waals surface area contributed by atoms with E-state index >= 15 is 0 Å². The molecule has 0 unspecified atom stereocenters. The van der Waals surface area contributed by atoms with Gasteiger partial charge in [-0.3, -0.25) is 14.9 Å². The Morgan fingerprint density at radius 3 is 2.20 bits per heavy atom. The first-order valence-corrected chi connectivity index (χ1v) is 6.15. The quantitative estimate of drug-likeness (QED) is 0.668. The number of nitro groups is 1. The van der Waals surface area contributed by atoms with Gasteiger partial charge in [-0.05, 0) is 17.5 Å². The van der Waals surface area contributed by atoms with Gasteiger partial charge in [0.15, 0.2) is 0 Å². The first-order valence-electron chi connectivity index (χ1n) is 6.15. The van der Waals surface area contributed by atoms with Gasteiger partial charge >= 0.3 is 0 Å². The second-order valence-corrected chi connectivity index (χ2v) is 4.49. The summed E-state index contributed by atoms with van der Waals surface area (Å²) in [6.07, 6.45) is 0.428. The van der Waals surface area contributed by atoms with E-state index in [2.05, 4.69) is 0 Å². The highest BCUT2D eigenvalue weighted by Crippen LogP contribution is 2.22. The van der Waals surface area contributed by atoms with E-state index in [4.69, 9.17) is 5.73 Å². The number of hydrogen-bond donors (Lipinski definition) is 1. The van der Waals surface area contributed by atoms with Gasteiger partial charge in [0.1, 0.15) is 0 Å². The lowest BCUT2D eigenvalue weighted by Crippen LogP contribution is -2.23. The van der Waals surface area contributed by atoms with E-state index in [0.29, 0.717) is 6.42 Å². The minimum atomic E-state index is -0.452. The highest BCUT2D eigenvalue weighted by atomic mass is 16.6. The van der Waals surface area contributed by atoms with E-state index in [9.17, 15) is 14.9 Å². The Hall–Kier alpha value is -2.69. The number of nitrogens with two attached hydrogens (primary N) is 1. The van der Waals surface area contributed by atoms with E-state index in [1.807, 2.05) is 30.3 Å². The van der Waals surface area contributed by atoms with Crippen LogP contribution in [-0.2, 0) is 11.2 Å². The molecule has 2 aromatic carbocycles. The van der Waals surface area contributed by atoms with Gasteiger partial charge in [0, 0.05) is 12.1 Å². The lowest BCUT2D eigenvalue weighted by Gasteiger charge is -2.13. The number of nitro benzene ring substituents is 1. The zero-order valence-corrected chi connectivity index (χ0v) is 10.7. The number of carbonyl (C=O) groups is 1. The van der Waals surface area contributed by atoms with Crippen LogP contribution in [-0.4, -0.2) is 10.8 Å². The summed E-state index contributed by atoms with van der Waals surface area (Å²) in [6.45, 7) is 0. The summed E-state index contributed by atoms with van der Waals surface area (Å²) in [5.74, 6) is -0.841. The molecule has 2 aromatic rings. The van der Waals surface area contributed by atoms with Gasteiger partial charge in [0.25, 0.3) is 5.69 Å². The molecule has 0 aliphatic rings. The number of carbonyl (C=O) groups excluding carboxylic acids is 1. The standard InChI is InChI=1S/C15H14N2O3/c16-15(18)14(12-4-2-1-3-5-12)10-11-6-8-13(9-7-11)17(19)20/h1-9,14H,10H2,(H2,16,18)/t14-/m1/s1. The molecule has 2 N–H and O–H groups in total. The molecule has 1 atom stereocenters. The molecule has 1 amide bonds. The van der Waals surface area contributed by atoms with Gasteiger partial charge in [0.05, 0.1) is 10.8 Å². The summed E-state index contributed by atoms with van der Waals surface area (Å²) in [5.41, 5.74) is 7.16. The zero-order chi connectivity index (χ0) is 14.5. The third-order valence-electron chi connectivity index (χ3n) is 3.13. The van der Waals surface area contributed by atoms with Crippen molar-refractivity contribution in [2.75, 3.05) is 0 Å². The molecular formula is C15H14N2O3. The van der Waals surface area contributed by atoms with Gasteiger partial charge in [-0.15, -0.1) is 0 Å². The molecule has 0 spiro atoms. The van der Waals surface area contributed by atoms with Crippen molar-refractivity contribution in [2.24, 2.45) is 5.73 Å². The normalized spacial score (nSPS) is 11.8. The third kappa shape index (κ3) is 3.20. The van der Waals surface area contributed by atoms with E-state index in [1.54, 1.807) is 12.1 Å². The summed E-state index contributed by atoms with van der Waals surface area (Å²) < 4.78 is 0. The maximum atomic E-state index is 11.6. The molecule has 0 fully saturated rings. The van der Waals surface area contributed by atoms with E-state index in [-0.39, 0.29) is 5.69 Å². The molecule has 5 nitrogen and oxygen atoms in total. The van der Waals surface area contributed by atoms with Crippen molar-refractivity contribution in [3.8, 4) is 0 Å². The molecular weight excluding hydrogens is 256 g/mol. The van der Waals surface area contributed by atoms with E-state index in [1.165, 1.54) is 12.1 Å². The van der Waals surface area contributed by atoms with Gasteiger partial charge < -0.3 is 5.73 Å². The maximum absolute atomic E-state index is 11.6. The van der Waals surface area contributed by atoms with Crippen LogP contribution in [0.15, 0.2) is 54.6 Å². The van der Waals surface area contributed by atoms with Crippen LogP contribution in [0.4, 0.5) is 5.69 Å². The third-order valence-corrected chi connectivity index (χ3v) is 3.13. The SMILES string of the molecule is NC(=O)[C@H](Cc1ccc([N+](=O)[O-])cc1)c1ccccc1. The van der Waals surface area contributed by atoms with Crippen LogP contribution in [0.5, 0.6) is 0 Å². The monoisotopic (exact) mass is 270 g/mol. The summed E-state index contributed by atoms with van der Waals surface area (Å²) >= 11 is 0. The molecule has 0 saturated carbocycles. The first kappa shape index (κ1) is 13.7.